The first-order valence-corrected chi connectivity index (χ1v) is 10.4. The van der Waals surface area contributed by atoms with Gasteiger partial charge in [-0.15, -0.1) is 0 Å². The number of nitriles is 1. The molecule has 5 nitrogen and oxygen atoms in total. The highest BCUT2D eigenvalue weighted by atomic mass is 19.4. The van der Waals surface area contributed by atoms with Crippen molar-refractivity contribution in [2.75, 3.05) is 25.0 Å². The number of nitrogens with zero attached hydrogens (tertiary/aromatic N) is 2. The Morgan fingerprint density at radius 3 is 2.50 bits per heavy atom. The standard InChI is InChI=1S/C24H22F3N3O2/c1-15(17-4-2-3-5-18(17)24(25,26)27)21(31)22(32)30-10-8-23(9-11-30)14-29-20-7-6-16(13-28)12-19(20)23/h2-7,12,15,29H,8-11,14H2,1H3. The molecule has 2 aromatic carbocycles. The summed E-state index contributed by atoms with van der Waals surface area (Å²) in [6, 6.07) is 12.5. The van der Waals surface area contributed by atoms with Crippen molar-refractivity contribution in [2.45, 2.75) is 37.3 Å². The van der Waals surface area contributed by atoms with E-state index in [0.717, 1.165) is 17.3 Å². The van der Waals surface area contributed by atoms with Crippen LogP contribution in [-0.2, 0) is 21.2 Å². The van der Waals surface area contributed by atoms with Crippen LogP contribution in [0.2, 0.25) is 0 Å². The van der Waals surface area contributed by atoms with Gasteiger partial charge in [-0.25, -0.2) is 0 Å². The van der Waals surface area contributed by atoms with Gasteiger partial charge in [0.1, 0.15) is 0 Å². The number of hydrogen-bond donors (Lipinski definition) is 1. The molecule has 1 atom stereocenters. The van der Waals surface area contributed by atoms with Crippen LogP contribution in [0.15, 0.2) is 42.5 Å². The number of piperidine rings is 1. The molecule has 8 heteroatoms. The molecule has 0 aliphatic carbocycles. The van der Waals surface area contributed by atoms with E-state index in [1.807, 2.05) is 12.1 Å². The van der Waals surface area contributed by atoms with Crippen molar-refractivity contribution in [1.82, 2.24) is 4.90 Å². The van der Waals surface area contributed by atoms with Gasteiger partial charge in [-0.1, -0.05) is 25.1 Å². The quantitative estimate of drug-likeness (QED) is 0.724. The van der Waals surface area contributed by atoms with E-state index < -0.39 is 29.3 Å². The molecular formula is C24H22F3N3O2. The van der Waals surface area contributed by atoms with Crippen LogP contribution in [0.3, 0.4) is 0 Å². The van der Waals surface area contributed by atoms with Gasteiger partial charge in [0.15, 0.2) is 0 Å². The van der Waals surface area contributed by atoms with E-state index in [2.05, 4.69) is 11.4 Å². The van der Waals surface area contributed by atoms with E-state index >= 15 is 0 Å². The maximum absolute atomic E-state index is 13.3. The number of anilines is 1. The average molecular weight is 441 g/mol. The molecule has 1 N–H and O–H groups in total. The summed E-state index contributed by atoms with van der Waals surface area (Å²) in [6.07, 6.45) is -3.39. The molecule has 2 heterocycles. The van der Waals surface area contributed by atoms with Crippen LogP contribution in [0.4, 0.5) is 18.9 Å². The van der Waals surface area contributed by atoms with Crippen molar-refractivity contribution in [2.24, 2.45) is 0 Å². The number of nitrogens with one attached hydrogen (secondary N) is 1. The maximum Gasteiger partial charge on any atom is 0.416 e. The van der Waals surface area contributed by atoms with Gasteiger partial charge in [-0.05, 0) is 48.2 Å². The van der Waals surface area contributed by atoms with Crippen LogP contribution in [-0.4, -0.2) is 36.2 Å². The second-order valence-corrected chi connectivity index (χ2v) is 8.47. The molecule has 1 spiro atoms. The first kappa shape index (κ1) is 21.9. The van der Waals surface area contributed by atoms with Crippen molar-refractivity contribution >= 4 is 17.4 Å². The largest absolute Gasteiger partial charge is 0.416 e. The molecular weight excluding hydrogens is 419 g/mol. The van der Waals surface area contributed by atoms with Crippen molar-refractivity contribution in [1.29, 1.82) is 5.26 Å². The van der Waals surface area contributed by atoms with Gasteiger partial charge in [-0.2, -0.15) is 18.4 Å². The highest BCUT2D eigenvalue weighted by Gasteiger charge is 2.44. The molecule has 1 fully saturated rings. The zero-order valence-electron chi connectivity index (χ0n) is 17.5. The number of benzene rings is 2. The molecule has 1 saturated heterocycles. The topological polar surface area (TPSA) is 73.2 Å². The van der Waals surface area contributed by atoms with E-state index in [1.165, 1.54) is 30.0 Å². The number of alkyl halides is 3. The molecule has 2 aromatic rings. The Kier molecular flexibility index (Phi) is 5.45. The van der Waals surface area contributed by atoms with Crippen LogP contribution < -0.4 is 5.32 Å². The molecule has 0 bridgehead atoms. The van der Waals surface area contributed by atoms with E-state index in [1.54, 1.807) is 6.07 Å². The zero-order chi connectivity index (χ0) is 23.1. The fraction of sp³-hybridized carbons (Fsp3) is 0.375. The monoisotopic (exact) mass is 441 g/mol. The second-order valence-electron chi connectivity index (χ2n) is 8.47. The predicted molar refractivity (Wildman–Crippen MR) is 112 cm³/mol. The van der Waals surface area contributed by atoms with Crippen molar-refractivity contribution in [3.05, 3.63) is 64.7 Å². The molecule has 4 rings (SSSR count). The predicted octanol–water partition coefficient (Wildman–Crippen LogP) is 4.24. The third kappa shape index (κ3) is 3.72. The normalized spacial score (nSPS) is 17.9. The Balaban J connectivity index is 1.49. The lowest BCUT2D eigenvalue weighted by molar-refractivity contribution is -0.147. The van der Waals surface area contributed by atoms with Crippen LogP contribution in [0, 0.1) is 11.3 Å². The summed E-state index contributed by atoms with van der Waals surface area (Å²) in [7, 11) is 0. The van der Waals surface area contributed by atoms with Gasteiger partial charge >= 0.3 is 6.18 Å². The van der Waals surface area contributed by atoms with Gasteiger partial charge in [-0.3, -0.25) is 9.59 Å². The molecule has 0 saturated carbocycles. The van der Waals surface area contributed by atoms with E-state index in [0.29, 0.717) is 38.0 Å². The minimum absolute atomic E-state index is 0.190. The highest BCUT2D eigenvalue weighted by molar-refractivity contribution is 6.38. The Morgan fingerprint density at radius 1 is 1.16 bits per heavy atom. The average Bonchev–Trinajstić information content (AvgIpc) is 3.14. The smallest absolute Gasteiger partial charge is 0.384 e. The molecule has 32 heavy (non-hydrogen) atoms. The molecule has 1 unspecified atom stereocenters. The minimum Gasteiger partial charge on any atom is -0.384 e. The summed E-state index contributed by atoms with van der Waals surface area (Å²) < 4.78 is 40.0. The van der Waals surface area contributed by atoms with Gasteiger partial charge < -0.3 is 10.2 Å². The van der Waals surface area contributed by atoms with Gasteiger partial charge in [0.05, 0.1) is 23.1 Å². The van der Waals surface area contributed by atoms with E-state index in [4.69, 9.17) is 0 Å². The second kappa shape index (κ2) is 7.97. The Bertz CT molecular complexity index is 1110. The number of fused-ring (bicyclic) bond motifs is 2. The number of hydrogen-bond acceptors (Lipinski definition) is 4. The number of likely N-dealkylation sites (tertiary alicyclic amines) is 1. The summed E-state index contributed by atoms with van der Waals surface area (Å²) in [6.45, 7) is 2.69. The van der Waals surface area contributed by atoms with Crippen molar-refractivity contribution in [3.8, 4) is 6.07 Å². The van der Waals surface area contributed by atoms with Crippen LogP contribution in [0.1, 0.15) is 47.9 Å². The summed E-state index contributed by atoms with van der Waals surface area (Å²) >= 11 is 0. The summed E-state index contributed by atoms with van der Waals surface area (Å²) in [5.74, 6) is -2.78. The van der Waals surface area contributed by atoms with Crippen LogP contribution in [0.5, 0.6) is 0 Å². The lowest BCUT2D eigenvalue weighted by Crippen LogP contribution is -2.48. The Hall–Kier alpha value is -3.34. The maximum atomic E-state index is 13.3. The zero-order valence-corrected chi connectivity index (χ0v) is 17.5. The van der Waals surface area contributed by atoms with E-state index in [-0.39, 0.29) is 11.0 Å². The number of ketones is 1. The molecule has 0 radical (unpaired) electrons. The highest BCUT2D eigenvalue weighted by Crippen LogP contribution is 2.44. The van der Waals surface area contributed by atoms with Gasteiger partial charge in [0.2, 0.25) is 5.78 Å². The summed E-state index contributed by atoms with van der Waals surface area (Å²) in [5, 5.41) is 12.6. The van der Waals surface area contributed by atoms with Crippen LogP contribution in [0.25, 0.3) is 0 Å². The molecule has 2 aliphatic rings. The SMILES string of the molecule is CC(C(=O)C(=O)N1CCC2(CC1)CNc1ccc(C#N)cc12)c1ccccc1C(F)(F)F. The first-order valence-electron chi connectivity index (χ1n) is 10.4. The molecule has 2 aliphatic heterocycles. The summed E-state index contributed by atoms with van der Waals surface area (Å²) in [5.41, 5.74) is 1.27. The lowest BCUT2D eigenvalue weighted by atomic mass is 9.74. The fourth-order valence-corrected chi connectivity index (χ4v) is 4.77. The number of halogens is 3. The molecule has 1 amide bonds. The van der Waals surface area contributed by atoms with Gasteiger partial charge in [0.25, 0.3) is 5.91 Å². The fourth-order valence-electron chi connectivity index (χ4n) is 4.77. The third-order valence-electron chi connectivity index (χ3n) is 6.68. The Morgan fingerprint density at radius 2 is 1.84 bits per heavy atom. The number of carbonyl (C=O) groups is 2. The number of amides is 1. The third-order valence-corrected chi connectivity index (χ3v) is 6.68. The summed E-state index contributed by atoms with van der Waals surface area (Å²) in [4.78, 5) is 27.1. The van der Waals surface area contributed by atoms with Crippen molar-refractivity contribution in [3.63, 3.8) is 0 Å². The van der Waals surface area contributed by atoms with Crippen molar-refractivity contribution < 1.29 is 22.8 Å². The van der Waals surface area contributed by atoms with Gasteiger partial charge in [0, 0.05) is 30.7 Å². The number of Topliss-reactive ketones (excluding diaryl/α,β-unsaturated/α-hetero) is 1. The number of carbonyl (C=O) groups excluding carboxylic acids is 2. The lowest BCUT2D eigenvalue weighted by Gasteiger charge is -2.39. The minimum atomic E-state index is -4.60. The molecule has 0 aromatic heterocycles. The molecule has 166 valence electrons. The van der Waals surface area contributed by atoms with Crippen LogP contribution >= 0.6 is 0 Å². The number of rotatable bonds is 3. The first-order chi connectivity index (χ1) is 15.2. The van der Waals surface area contributed by atoms with E-state index in [9.17, 15) is 28.0 Å². The Labute approximate surface area is 183 Å².